The first-order chi connectivity index (χ1) is 6.18. The van der Waals surface area contributed by atoms with Crippen LogP contribution in [-0.4, -0.2) is 21.6 Å². The number of aliphatic hydroxyl groups is 1. The average Bonchev–Trinajstić information content (AvgIpc) is 2.12. The molecule has 1 atom stereocenters. The second-order valence-electron chi connectivity index (χ2n) is 2.72. The molecule has 1 aromatic carbocycles. The lowest BCUT2D eigenvalue weighted by atomic mass is 10.1. The molecule has 0 aliphatic carbocycles. The van der Waals surface area contributed by atoms with Gasteiger partial charge in [0.05, 0.1) is 0 Å². The van der Waals surface area contributed by atoms with E-state index in [2.05, 4.69) is 0 Å². The third kappa shape index (κ3) is 1.21. The summed E-state index contributed by atoms with van der Waals surface area (Å²) >= 11 is 0. The molecule has 0 aromatic heterocycles. The topological polar surface area (TPSA) is 69.9 Å². The average molecular weight is 180 g/mol. The number of aliphatic hydroxyl groups excluding tert-OH is 1. The highest BCUT2D eigenvalue weighted by Crippen LogP contribution is 2.40. The van der Waals surface area contributed by atoms with Gasteiger partial charge in [-0.3, -0.25) is 0 Å². The second kappa shape index (κ2) is 2.67. The van der Waals surface area contributed by atoms with Gasteiger partial charge in [0.15, 0.2) is 11.5 Å². The van der Waals surface area contributed by atoms with Crippen molar-refractivity contribution in [2.24, 2.45) is 0 Å². The zero-order chi connectivity index (χ0) is 9.42. The smallest absolute Gasteiger partial charge is 0.217 e. The summed E-state index contributed by atoms with van der Waals surface area (Å²) in [6, 6.07) is 2.95. The van der Waals surface area contributed by atoms with Crippen LogP contribution in [0.5, 0.6) is 17.2 Å². The summed E-state index contributed by atoms with van der Waals surface area (Å²) in [5.41, 5.74) is 0.626. The van der Waals surface area contributed by atoms with Crippen LogP contribution in [0.3, 0.4) is 0 Å². The van der Waals surface area contributed by atoms with Crippen molar-refractivity contribution in [1.29, 1.82) is 0 Å². The minimum Gasteiger partial charge on any atom is -0.504 e. The highest BCUT2D eigenvalue weighted by Gasteiger charge is 2.18. The van der Waals surface area contributed by atoms with Crippen LogP contribution in [0, 0.1) is 0 Å². The fraction of sp³-hybridized carbons (Fsp3) is 0.111. The van der Waals surface area contributed by atoms with E-state index in [1.54, 1.807) is 12.1 Å². The zero-order valence-electron chi connectivity index (χ0n) is 6.64. The van der Waals surface area contributed by atoms with Gasteiger partial charge in [-0.25, -0.2) is 0 Å². The minimum absolute atomic E-state index is 0.106. The van der Waals surface area contributed by atoms with Crippen LogP contribution in [0.4, 0.5) is 0 Å². The summed E-state index contributed by atoms with van der Waals surface area (Å²) in [5.74, 6) is -0.503. The standard InChI is InChI=1S/C9H8O4/c10-6-3-1-5-2-4-7(11)13-9(5)8(6)12/h1-4,7,10-12H. The molecule has 1 heterocycles. The Morgan fingerprint density at radius 3 is 2.77 bits per heavy atom. The molecule has 1 aliphatic heterocycles. The molecule has 68 valence electrons. The van der Waals surface area contributed by atoms with E-state index >= 15 is 0 Å². The Kier molecular flexibility index (Phi) is 1.63. The molecule has 13 heavy (non-hydrogen) atoms. The lowest BCUT2D eigenvalue weighted by Crippen LogP contribution is -2.15. The van der Waals surface area contributed by atoms with E-state index < -0.39 is 6.29 Å². The summed E-state index contributed by atoms with van der Waals surface area (Å²) < 4.78 is 4.90. The first kappa shape index (κ1) is 7.94. The van der Waals surface area contributed by atoms with Crippen molar-refractivity contribution in [2.75, 3.05) is 0 Å². The molecule has 4 nitrogen and oxygen atoms in total. The van der Waals surface area contributed by atoms with Crippen molar-refractivity contribution in [3.63, 3.8) is 0 Å². The molecule has 1 unspecified atom stereocenters. The molecular formula is C9H8O4. The molecule has 0 saturated carbocycles. The van der Waals surface area contributed by atoms with Crippen molar-refractivity contribution < 1.29 is 20.1 Å². The van der Waals surface area contributed by atoms with Gasteiger partial charge in [-0.1, -0.05) is 0 Å². The Morgan fingerprint density at radius 2 is 2.00 bits per heavy atom. The van der Waals surface area contributed by atoms with Crippen LogP contribution in [0.1, 0.15) is 5.56 Å². The van der Waals surface area contributed by atoms with E-state index in [4.69, 9.17) is 14.9 Å². The fourth-order valence-corrected chi connectivity index (χ4v) is 1.18. The van der Waals surface area contributed by atoms with Crippen molar-refractivity contribution in [3.05, 3.63) is 23.8 Å². The molecule has 0 spiro atoms. The number of rotatable bonds is 0. The maximum absolute atomic E-state index is 9.34. The molecular weight excluding hydrogens is 172 g/mol. The van der Waals surface area contributed by atoms with Gasteiger partial charge in [0.25, 0.3) is 0 Å². The second-order valence-corrected chi connectivity index (χ2v) is 2.72. The number of fused-ring (bicyclic) bond motifs is 1. The van der Waals surface area contributed by atoms with Crippen LogP contribution < -0.4 is 4.74 Å². The lowest BCUT2D eigenvalue weighted by molar-refractivity contribution is 0.0208. The maximum atomic E-state index is 9.34. The number of hydrogen-bond acceptors (Lipinski definition) is 4. The Balaban J connectivity index is 2.57. The Hall–Kier alpha value is -1.68. The minimum atomic E-state index is -1.07. The largest absolute Gasteiger partial charge is 0.504 e. The van der Waals surface area contributed by atoms with Gasteiger partial charge in [-0.15, -0.1) is 0 Å². The quantitative estimate of drug-likeness (QED) is 0.517. The van der Waals surface area contributed by atoms with Crippen molar-refractivity contribution >= 4 is 6.08 Å². The summed E-state index contributed by atoms with van der Waals surface area (Å²) in [4.78, 5) is 0. The molecule has 0 fully saturated rings. The first-order valence-corrected chi connectivity index (χ1v) is 3.76. The predicted octanol–water partition coefficient (Wildman–Crippen LogP) is 0.822. The van der Waals surface area contributed by atoms with E-state index in [1.165, 1.54) is 12.1 Å². The molecule has 0 radical (unpaired) electrons. The highest BCUT2D eigenvalue weighted by molar-refractivity contribution is 5.67. The SMILES string of the molecule is Oc1ccc2c(c1O)OC(O)C=C2. The van der Waals surface area contributed by atoms with Crippen LogP contribution >= 0.6 is 0 Å². The van der Waals surface area contributed by atoms with Crippen LogP contribution in [0.2, 0.25) is 0 Å². The van der Waals surface area contributed by atoms with Crippen LogP contribution in [-0.2, 0) is 0 Å². The van der Waals surface area contributed by atoms with Gasteiger partial charge in [0, 0.05) is 5.56 Å². The molecule has 1 aliphatic rings. The number of phenols is 2. The fourth-order valence-electron chi connectivity index (χ4n) is 1.18. The van der Waals surface area contributed by atoms with Crippen molar-refractivity contribution in [3.8, 4) is 17.2 Å². The van der Waals surface area contributed by atoms with E-state index in [9.17, 15) is 5.11 Å². The molecule has 0 saturated heterocycles. The zero-order valence-corrected chi connectivity index (χ0v) is 6.64. The third-order valence-electron chi connectivity index (χ3n) is 1.82. The third-order valence-corrected chi connectivity index (χ3v) is 1.82. The Morgan fingerprint density at radius 1 is 1.23 bits per heavy atom. The number of benzene rings is 1. The van der Waals surface area contributed by atoms with Crippen molar-refractivity contribution in [2.45, 2.75) is 6.29 Å². The Bertz CT molecular complexity index is 370. The van der Waals surface area contributed by atoms with Gasteiger partial charge in [0.1, 0.15) is 0 Å². The molecule has 0 bridgehead atoms. The van der Waals surface area contributed by atoms with Gasteiger partial charge in [-0.2, -0.15) is 0 Å². The molecule has 2 rings (SSSR count). The summed E-state index contributed by atoms with van der Waals surface area (Å²) in [7, 11) is 0. The van der Waals surface area contributed by atoms with E-state index in [0.717, 1.165) is 0 Å². The summed E-state index contributed by atoms with van der Waals surface area (Å²) in [6.45, 7) is 0. The van der Waals surface area contributed by atoms with E-state index in [-0.39, 0.29) is 17.2 Å². The monoisotopic (exact) mass is 180 g/mol. The first-order valence-electron chi connectivity index (χ1n) is 3.76. The molecule has 3 N–H and O–H groups in total. The Labute approximate surface area is 74.3 Å². The summed E-state index contributed by atoms with van der Waals surface area (Å²) in [5, 5.41) is 27.5. The summed E-state index contributed by atoms with van der Waals surface area (Å²) in [6.07, 6.45) is 1.99. The van der Waals surface area contributed by atoms with Crippen molar-refractivity contribution in [1.82, 2.24) is 0 Å². The number of phenolic OH excluding ortho intramolecular Hbond substituents is 2. The van der Waals surface area contributed by atoms with Gasteiger partial charge in [0.2, 0.25) is 12.0 Å². The highest BCUT2D eigenvalue weighted by atomic mass is 16.6. The number of ether oxygens (including phenoxy) is 1. The molecule has 4 heteroatoms. The van der Waals surface area contributed by atoms with Gasteiger partial charge >= 0.3 is 0 Å². The number of aromatic hydroxyl groups is 2. The van der Waals surface area contributed by atoms with E-state index in [0.29, 0.717) is 5.56 Å². The lowest BCUT2D eigenvalue weighted by Gasteiger charge is -2.18. The number of hydrogen-bond donors (Lipinski definition) is 3. The molecule has 0 amide bonds. The van der Waals surface area contributed by atoms with Crippen LogP contribution in [0.25, 0.3) is 6.08 Å². The molecule has 1 aromatic rings. The van der Waals surface area contributed by atoms with Crippen LogP contribution in [0.15, 0.2) is 18.2 Å². The van der Waals surface area contributed by atoms with E-state index in [1.807, 2.05) is 0 Å². The van der Waals surface area contributed by atoms with Gasteiger partial charge < -0.3 is 20.1 Å². The maximum Gasteiger partial charge on any atom is 0.217 e. The van der Waals surface area contributed by atoms with Gasteiger partial charge in [-0.05, 0) is 24.3 Å². The normalized spacial score (nSPS) is 19.3. The predicted molar refractivity (Wildman–Crippen MR) is 45.4 cm³/mol.